The zero-order chi connectivity index (χ0) is 17.4. The van der Waals surface area contributed by atoms with E-state index in [-0.39, 0.29) is 17.0 Å². The molecule has 0 radical (unpaired) electrons. The average molecular weight is 458 g/mol. The highest BCUT2D eigenvalue weighted by Gasteiger charge is 2.15. The summed E-state index contributed by atoms with van der Waals surface area (Å²) in [7, 11) is 0. The van der Waals surface area contributed by atoms with Gasteiger partial charge in [-0.05, 0) is 43.5 Å². The van der Waals surface area contributed by atoms with Crippen LogP contribution in [0.1, 0.15) is 22.3 Å². The lowest BCUT2D eigenvalue weighted by atomic mass is 10.00. The number of imidazole rings is 1. The number of aryl methyl sites for hydroxylation is 3. The van der Waals surface area contributed by atoms with Gasteiger partial charge in [-0.3, -0.25) is 0 Å². The van der Waals surface area contributed by atoms with E-state index in [1.165, 1.54) is 22.3 Å². The lowest BCUT2D eigenvalue weighted by molar-refractivity contribution is -0.687. The Kier molecular flexibility index (Phi) is 6.66. The van der Waals surface area contributed by atoms with E-state index in [1.807, 2.05) is 29.4 Å². The molecule has 2 aromatic carbocycles. The topological polar surface area (TPSA) is 8.81 Å². The molecule has 1 heterocycles. The number of hydrogen-bond acceptors (Lipinski definition) is 1. The normalized spacial score (nSPS) is 10.6. The first kappa shape index (κ1) is 20.4. The quantitative estimate of drug-likeness (QED) is 0.456. The minimum absolute atomic E-state index is 0. The maximum absolute atomic E-state index is 6.18. The van der Waals surface area contributed by atoms with E-state index in [9.17, 15) is 0 Å². The first-order valence-corrected chi connectivity index (χ1v) is 8.87. The summed E-state index contributed by atoms with van der Waals surface area (Å²) in [6.45, 7) is 7.27. The Morgan fingerprint density at radius 2 is 1.68 bits per heavy atom. The molecule has 0 aliphatic rings. The van der Waals surface area contributed by atoms with Crippen molar-refractivity contribution in [3.63, 3.8) is 0 Å². The average Bonchev–Trinajstić information content (AvgIpc) is 2.95. The second-order valence-electron chi connectivity index (χ2n) is 6.13. The minimum Gasteiger partial charge on any atom is -1.00 e. The van der Waals surface area contributed by atoms with Gasteiger partial charge in [-0.25, -0.2) is 9.13 Å². The predicted molar refractivity (Wildman–Crippen MR) is 103 cm³/mol. The van der Waals surface area contributed by atoms with Crippen LogP contribution < -0.4 is 21.5 Å². The van der Waals surface area contributed by atoms with E-state index in [2.05, 4.69) is 50.1 Å². The van der Waals surface area contributed by atoms with Crippen LogP contribution in [0, 0.1) is 20.8 Å². The van der Waals surface area contributed by atoms with E-state index in [4.69, 9.17) is 23.2 Å². The van der Waals surface area contributed by atoms with Gasteiger partial charge in [0.2, 0.25) is 6.33 Å². The van der Waals surface area contributed by atoms with Crippen LogP contribution in [0.3, 0.4) is 0 Å². The third kappa shape index (κ3) is 4.43. The summed E-state index contributed by atoms with van der Waals surface area (Å²) in [5.74, 6) is 0. The van der Waals surface area contributed by atoms with Crippen LogP contribution >= 0.6 is 35.8 Å². The van der Waals surface area contributed by atoms with Crippen molar-refractivity contribution in [1.29, 1.82) is 0 Å². The minimum atomic E-state index is 0. The van der Waals surface area contributed by atoms with Crippen molar-refractivity contribution in [1.82, 2.24) is 4.57 Å². The van der Waals surface area contributed by atoms with Crippen LogP contribution in [0.4, 0.5) is 0 Å². The number of nitrogens with zero attached hydrogens (tertiary/aromatic N) is 2. The molecule has 0 unspecified atom stereocenters. The molecule has 0 atom stereocenters. The van der Waals surface area contributed by atoms with Crippen LogP contribution in [0.25, 0.3) is 5.69 Å². The molecule has 0 N–H and O–H groups in total. The fraction of sp³-hybridized carbons (Fsp3) is 0.211. The molecule has 0 saturated carbocycles. The summed E-state index contributed by atoms with van der Waals surface area (Å²) in [5.41, 5.74) is 6.14. The summed E-state index contributed by atoms with van der Waals surface area (Å²) in [4.78, 5) is 0.714. The van der Waals surface area contributed by atoms with Gasteiger partial charge in [0, 0.05) is 11.1 Å². The van der Waals surface area contributed by atoms with E-state index < -0.39 is 0 Å². The number of thiol groups is 1. The fourth-order valence-corrected chi connectivity index (χ4v) is 3.75. The van der Waals surface area contributed by atoms with Gasteiger partial charge in [-0.1, -0.05) is 40.9 Å². The van der Waals surface area contributed by atoms with Crippen LogP contribution in [-0.2, 0) is 6.54 Å². The van der Waals surface area contributed by atoms with Gasteiger partial charge >= 0.3 is 0 Å². The maximum Gasteiger partial charge on any atom is 0.249 e. The molecule has 0 bridgehead atoms. The Morgan fingerprint density at radius 3 is 2.32 bits per heavy atom. The number of benzene rings is 2. The molecule has 3 aromatic rings. The van der Waals surface area contributed by atoms with Crippen molar-refractivity contribution in [2.24, 2.45) is 0 Å². The Labute approximate surface area is 174 Å². The standard InChI is InChI=1S/C19H18Cl2N2S.BrH/c1-12-6-13(2)16(14(3)7-12)10-22-4-5-23(11-22)18-9-15(20)8-17(21)19(18)24;/h4-9,11H,10H2,1-3H3;1H. The third-order valence-corrected chi connectivity index (χ3v) is 5.28. The van der Waals surface area contributed by atoms with Crippen LogP contribution in [0.5, 0.6) is 0 Å². The highest BCUT2D eigenvalue weighted by atomic mass is 79.9. The number of rotatable bonds is 3. The number of hydrogen-bond donors (Lipinski definition) is 1. The monoisotopic (exact) mass is 456 g/mol. The van der Waals surface area contributed by atoms with E-state index >= 15 is 0 Å². The van der Waals surface area contributed by atoms with Gasteiger partial charge in [0.15, 0.2) is 0 Å². The second-order valence-corrected chi connectivity index (χ2v) is 7.42. The van der Waals surface area contributed by atoms with Crippen LogP contribution in [0.15, 0.2) is 47.9 Å². The summed E-state index contributed by atoms with van der Waals surface area (Å²) in [6.07, 6.45) is 6.06. The molecule has 0 aliphatic carbocycles. The first-order chi connectivity index (χ1) is 11.3. The molecule has 3 rings (SSSR count). The molecular weight excluding hydrogens is 439 g/mol. The largest absolute Gasteiger partial charge is 1.00 e. The predicted octanol–water partition coefficient (Wildman–Crippen LogP) is 2.34. The molecule has 25 heavy (non-hydrogen) atoms. The third-order valence-electron chi connectivity index (χ3n) is 4.16. The smallest absolute Gasteiger partial charge is 0.249 e. The van der Waals surface area contributed by atoms with E-state index in [0.717, 1.165) is 12.2 Å². The Hall–Kier alpha value is -0.940. The number of halogens is 3. The molecule has 0 aliphatic heterocycles. The van der Waals surface area contributed by atoms with Crippen molar-refractivity contribution in [3.05, 3.63) is 75.3 Å². The van der Waals surface area contributed by atoms with Crippen molar-refractivity contribution >= 4 is 35.8 Å². The van der Waals surface area contributed by atoms with Gasteiger partial charge in [0.1, 0.15) is 24.6 Å². The molecule has 0 fully saturated rings. The van der Waals surface area contributed by atoms with Gasteiger partial charge in [-0.2, -0.15) is 0 Å². The summed E-state index contributed by atoms with van der Waals surface area (Å²) < 4.78 is 4.13. The molecule has 0 amide bonds. The Morgan fingerprint density at radius 1 is 1.04 bits per heavy atom. The first-order valence-electron chi connectivity index (χ1n) is 7.67. The van der Waals surface area contributed by atoms with Crippen molar-refractivity contribution in [2.45, 2.75) is 32.2 Å². The van der Waals surface area contributed by atoms with E-state index in [1.54, 1.807) is 6.07 Å². The second kappa shape index (κ2) is 8.17. The van der Waals surface area contributed by atoms with Gasteiger partial charge < -0.3 is 17.0 Å². The lowest BCUT2D eigenvalue weighted by Gasteiger charge is -2.09. The van der Waals surface area contributed by atoms with Gasteiger partial charge in [0.05, 0.1) is 9.92 Å². The zero-order valence-electron chi connectivity index (χ0n) is 14.2. The lowest BCUT2D eigenvalue weighted by Crippen LogP contribution is -3.00. The van der Waals surface area contributed by atoms with Gasteiger partial charge in [0.25, 0.3) is 0 Å². The van der Waals surface area contributed by atoms with Gasteiger partial charge in [-0.15, -0.1) is 12.6 Å². The Bertz CT molecular complexity index is 899. The molecule has 6 heteroatoms. The maximum atomic E-state index is 6.18. The Balaban J connectivity index is 0.00000225. The molecule has 0 spiro atoms. The van der Waals surface area contributed by atoms with Crippen molar-refractivity contribution in [3.8, 4) is 5.69 Å². The SMILES string of the molecule is Cc1cc(C)c(C[n+]2ccn(-c3cc(Cl)cc(Cl)c3S)c2)c(C)c1.[Br-]. The highest BCUT2D eigenvalue weighted by molar-refractivity contribution is 7.80. The highest BCUT2D eigenvalue weighted by Crippen LogP contribution is 2.30. The number of aromatic nitrogens is 2. The summed E-state index contributed by atoms with van der Waals surface area (Å²) in [6, 6.07) is 8.01. The molecule has 1 aromatic heterocycles. The zero-order valence-corrected chi connectivity index (χ0v) is 18.2. The fourth-order valence-electron chi connectivity index (χ4n) is 3.02. The molecule has 2 nitrogen and oxygen atoms in total. The van der Waals surface area contributed by atoms with Crippen molar-refractivity contribution < 1.29 is 21.5 Å². The van der Waals surface area contributed by atoms with Crippen molar-refractivity contribution in [2.75, 3.05) is 0 Å². The summed E-state index contributed by atoms with van der Waals surface area (Å²) in [5, 5.41) is 1.14. The van der Waals surface area contributed by atoms with Crippen LogP contribution in [-0.4, -0.2) is 4.57 Å². The molecule has 132 valence electrons. The summed E-state index contributed by atoms with van der Waals surface area (Å²) >= 11 is 16.8. The van der Waals surface area contributed by atoms with E-state index in [0.29, 0.717) is 14.9 Å². The molecular formula is C19H19BrCl2N2S. The van der Waals surface area contributed by atoms with Crippen LogP contribution in [0.2, 0.25) is 10.0 Å². The molecule has 0 saturated heterocycles.